The van der Waals surface area contributed by atoms with Crippen LogP contribution < -0.4 is 10.7 Å². The standard InChI is InChI=1S/C17H15ClN4O5/c18-12-3-1-2-4-13(12)20-16(24)7-8-17(25)21-19-10-11-5-6-15(23)14(9-11)22(26)27/h1-6,9-10,23H,7-8H2,(H,20,24)(H,21,25)/b19-10+. The lowest BCUT2D eigenvalue weighted by atomic mass is 10.2. The zero-order valence-electron chi connectivity index (χ0n) is 13.9. The number of halogens is 1. The summed E-state index contributed by atoms with van der Waals surface area (Å²) in [6.07, 6.45) is 1.01. The average molecular weight is 391 g/mol. The summed E-state index contributed by atoms with van der Waals surface area (Å²) < 4.78 is 0. The molecule has 0 unspecified atom stereocenters. The van der Waals surface area contributed by atoms with Crippen LogP contribution in [0.4, 0.5) is 11.4 Å². The van der Waals surface area contributed by atoms with E-state index in [1.165, 1.54) is 12.3 Å². The number of aromatic hydroxyl groups is 1. The third-order valence-corrected chi connectivity index (χ3v) is 3.66. The predicted molar refractivity (Wildman–Crippen MR) is 99.8 cm³/mol. The fourth-order valence-electron chi connectivity index (χ4n) is 2.00. The Bertz CT molecular complexity index is 901. The number of hydrogen-bond acceptors (Lipinski definition) is 6. The van der Waals surface area contributed by atoms with E-state index in [1.54, 1.807) is 24.3 Å². The minimum atomic E-state index is -0.733. The first-order valence-electron chi connectivity index (χ1n) is 7.70. The van der Waals surface area contributed by atoms with Gasteiger partial charge in [-0.3, -0.25) is 19.7 Å². The van der Waals surface area contributed by atoms with Crippen molar-refractivity contribution in [2.75, 3.05) is 5.32 Å². The first kappa shape index (κ1) is 19.9. The van der Waals surface area contributed by atoms with Gasteiger partial charge in [-0.1, -0.05) is 23.7 Å². The number of phenolic OH excluding ortho intramolecular Hbond substituents is 1. The van der Waals surface area contributed by atoms with Crippen LogP contribution in [0.5, 0.6) is 5.75 Å². The summed E-state index contributed by atoms with van der Waals surface area (Å²) in [5.41, 5.74) is 2.52. The third kappa shape index (κ3) is 6.08. The molecule has 0 saturated heterocycles. The molecule has 0 fully saturated rings. The molecule has 2 aromatic carbocycles. The summed E-state index contributed by atoms with van der Waals surface area (Å²) in [7, 11) is 0. The van der Waals surface area contributed by atoms with Gasteiger partial charge >= 0.3 is 5.69 Å². The lowest BCUT2D eigenvalue weighted by molar-refractivity contribution is -0.385. The van der Waals surface area contributed by atoms with Crippen LogP contribution >= 0.6 is 11.6 Å². The van der Waals surface area contributed by atoms with Crippen molar-refractivity contribution in [3.8, 4) is 5.75 Å². The summed E-state index contributed by atoms with van der Waals surface area (Å²) in [5.74, 6) is -1.35. The molecule has 0 bridgehead atoms. The Balaban J connectivity index is 1.81. The van der Waals surface area contributed by atoms with Gasteiger partial charge in [0.05, 0.1) is 21.8 Å². The molecule has 0 atom stereocenters. The molecule has 0 aliphatic rings. The van der Waals surface area contributed by atoms with Crippen LogP contribution in [-0.4, -0.2) is 28.1 Å². The zero-order valence-corrected chi connectivity index (χ0v) is 14.6. The normalized spacial score (nSPS) is 10.6. The Hall–Kier alpha value is -3.46. The van der Waals surface area contributed by atoms with E-state index in [-0.39, 0.29) is 18.7 Å². The molecule has 0 heterocycles. The molecule has 0 aromatic heterocycles. The van der Waals surface area contributed by atoms with E-state index >= 15 is 0 Å². The number of hydrazone groups is 1. The van der Waals surface area contributed by atoms with Gasteiger partial charge in [-0.05, 0) is 24.3 Å². The molecule has 10 heteroatoms. The van der Waals surface area contributed by atoms with E-state index < -0.39 is 22.3 Å². The maximum atomic E-state index is 11.8. The third-order valence-electron chi connectivity index (χ3n) is 3.33. The maximum absolute atomic E-state index is 11.8. The van der Waals surface area contributed by atoms with E-state index in [2.05, 4.69) is 15.8 Å². The van der Waals surface area contributed by atoms with Gasteiger partial charge in [0.2, 0.25) is 11.8 Å². The number of benzene rings is 2. The van der Waals surface area contributed by atoms with Gasteiger partial charge in [0.15, 0.2) is 5.75 Å². The number of rotatable bonds is 7. The molecule has 2 rings (SSSR count). The topological polar surface area (TPSA) is 134 Å². The van der Waals surface area contributed by atoms with E-state index in [0.29, 0.717) is 16.3 Å². The number of nitro benzene ring substituents is 1. The molecule has 0 spiro atoms. The number of para-hydroxylation sites is 1. The lowest BCUT2D eigenvalue weighted by Crippen LogP contribution is -2.20. The smallest absolute Gasteiger partial charge is 0.311 e. The Morgan fingerprint density at radius 2 is 1.89 bits per heavy atom. The molecule has 0 radical (unpaired) electrons. The van der Waals surface area contributed by atoms with Crippen LogP contribution in [0.2, 0.25) is 5.02 Å². The van der Waals surface area contributed by atoms with Crippen molar-refractivity contribution in [3.63, 3.8) is 0 Å². The Labute approximate surface area is 158 Å². The summed E-state index contributed by atoms with van der Waals surface area (Å²) in [4.78, 5) is 33.5. The number of nitrogens with one attached hydrogen (secondary N) is 2. The quantitative estimate of drug-likeness (QED) is 0.379. The van der Waals surface area contributed by atoms with Crippen LogP contribution in [0.3, 0.4) is 0 Å². The molecule has 0 aliphatic heterocycles. The van der Waals surface area contributed by atoms with Crippen molar-refractivity contribution in [2.45, 2.75) is 12.8 Å². The first-order chi connectivity index (χ1) is 12.9. The molecule has 9 nitrogen and oxygen atoms in total. The van der Waals surface area contributed by atoms with Gasteiger partial charge in [0, 0.05) is 24.5 Å². The highest BCUT2D eigenvalue weighted by atomic mass is 35.5. The number of anilines is 1. The van der Waals surface area contributed by atoms with E-state index in [9.17, 15) is 24.8 Å². The molecule has 27 heavy (non-hydrogen) atoms. The first-order valence-corrected chi connectivity index (χ1v) is 8.08. The second kappa shape index (κ2) is 9.30. The molecule has 0 saturated carbocycles. The Morgan fingerprint density at radius 3 is 2.59 bits per heavy atom. The molecular weight excluding hydrogens is 376 g/mol. The Morgan fingerprint density at radius 1 is 1.19 bits per heavy atom. The second-order valence-corrected chi connectivity index (χ2v) is 5.73. The molecule has 2 amide bonds. The maximum Gasteiger partial charge on any atom is 0.311 e. The highest BCUT2D eigenvalue weighted by Gasteiger charge is 2.13. The van der Waals surface area contributed by atoms with Crippen molar-refractivity contribution < 1.29 is 19.6 Å². The van der Waals surface area contributed by atoms with E-state index in [4.69, 9.17) is 11.6 Å². The number of hydrogen-bond donors (Lipinski definition) is 3. The van der Waals surface area contributed by atoms with Crippen molar-refractivity contribution in [1.29, 1.82) is 0 Å². The van der Waals surface area contributed by atoms with Crippen LogP contribution in [0.1, 0.15) is 18.4 Å². The SMILES string of the molecule is O=C(CCC(=O)Nc1ccccc1Cl)N/N=C/c1ccc(O)c([N+](=O)[O-])c1. The predicted octanol–water partition coefficient (Wildman–Crippen LogP) is 2.82. The molecule has 2 aromatic rings. The summed E-state index contributed by atoms with van der Waals surface area (Å²) in [6.45, 7) is 0. The van der Waals surface area contributed by atoms with Gasteiger partial charge in [-0.2, -0.15) is 5.10 Å². The minimum absolute atomic E-state index is 0.0722. The highest BCUT2D eigenvalue weighted by molar-refractivity contribution is 6.33. The van der Waals surface area contributed by atoms with Crippen LogP contribution in [0, 0.1) is 10.1 Å². The number of phenols is 1. The summed E-state index contributed by atoms with van der Waals surface area (Å²) >= 11 is 5.93. The fourth-order valence-corrected chi connectivity index (χ4v) is 2.19. The van der Waals surface area contributed by atoms with Crippen LogP contribution in [0.25, 0.3) is 0 Å². The molecular formula is C17H15ClN4O5. The fraction of sp³-hybridized carbons (Fsp3) is 0.118. The monoisotopic (exact) mass is 390 g/mol. The summed E-state index contributed by atoms with van der Waals surface area (Å²) in [5, 5.41) is 26.8. The average Bonchev–Trinajstić information content (AvgIpc) is 2.63. The van der Waals surface area contributed by atoms with Gasteiger partial charge in [0.25, 0.3) is 0 Å². The number of amides is 2. The van der Waals surface area contributed by atoms with Crippen LogP contribution in [-0.2, 0) is 9.59 Å². The van der Waals surface area contributed by atoms with E-state index in [0.717, 1.165) is 12.1 Å². The number of carbonyl (C=O) groups excluding carboxylic acids is 2. The minimum Gasteiger partial charge on any atom is -0.502 e. The van der Waals surface area contributed by atoms with E-state index in [1.807, 2.05) is 0 Å². The zero-order chi connectivity index (χ0) is 19.8. The Kier molecular flexibility index (Phi) is 6.84. The summed E-state index contributed by atoms with van der Waals surface area (Å²) in [6, 6.07) is 10.4. The molecule has 0 aliphatic carbocycles. The molecule has 3 N–H and O–H groups in total. The largest absolute Gasteiger partial charge is 0.502 e. The molecule has 140 valence electrons. The number of carbonyl (C=O) groups is 2. The van der Waals surface area contributed by atoms with Crippen molar-refractivity contribution >= 4 is 41.0 Å². The van der Waals surface area contributed by atoms with Gasteiger partial charge < -0.3 is 10.4 Å². The lowest BCUT2D eigenvalue weighted by Gasteiger charge is -2.06. The van der Waals surface area contributed by atoms with Gasteiger partial charge in [-0.15, -0.1) is 0 Å². The van der Waals surface area contributed by atoms with Crippen molar-refractivity contribution in [3.05, 3.63) is 63.2 Å². The number of nitro groups is 1. The van der Waals surface area contributed by atoms with Gasteiger partial charge in [-0.25, -0.2) is 5.43 Å². The van der Waals surface area contributed by atoms with Gasteiger partial charge in [0.1, 0.15) is 0 Å². The van der Waals surface area contributed by atoms with Crippen LogP contribution in [0.15, 0.2) is 47.6 Å². The van der Waals surface area contributed by atoms with Crippen molar-refractivity contribution in [1.82, 2.24) is 5.43 Å². The van der Waals surface area contributed by atoms with Crippen molar-refractivity contribution in [2.24, 2.45) is 5.10 Å². The second-order valence-electron chi connectivity index (χ2n) is 5.33. The number of nitrogens with zero attached hydrogens (tertiary/aromatic N) is 2. The highest BCUT2D eigenvalue weighted by Crippen LogP contribution is 2.25.